The van der Waals surface area contributed by atoms with Crippen LogP contribution in [0, 0.1) is 5.92 Å². The number of benzene rings is 2. The van der Waals surface area contributed by atoms with Crippen LogP contribution >= 0.6 is 24.0 Å². The maximum Gasteiger partial charge on any atom is 0.225 e. The Morgan fingerprint density at radius 1 is 1.10 bits per heavy atom. The number of carbonyl (C=O) groups is 1. The number of amides is 1. The van der Waals surface area contributed by atoms with Crippen molar-refractivity contribution in [3.63, 3.8) is 0 Å². The molecule has 1 saturated heterocycles. The van der Waals surface area contributed by atoms with Crippen LogP contribution in [-0.2, 0) is 11.2 Å². The number of hydrogen-bond acceptors (Lipinski definition) is 2. The third-order valence-corrected chi connectivity index (χ3v) is 6.29. The smallest absolute Gasteiger partial charge is 0.225 e. The van der Waals surface area contributed by atoms with Gasteiger partial charge in [0.15, 0.2) is 5.96 Å². The van der Waals surface area contributed by atoms with E-state index in [-0.39, 0.29) is 35.9 Å². The van der Waals surface area contributed by atoms with Gasteiger partial charge < -0.3 is 15.5 Å². The van der Waals surface area contributed by atoms with E-state index >= 15 is 0 Å². The topological polar surface area (TPSA) is 56.7 Å². The van der Waals surface area contributed by atoms with Crippen LogP contribution in [0.2, 0.25) is 0 Å². The zero-order chi connectivity index (χ0) is 20.1. The first-order valence-corrected chi connectivity index (χ1v) is 11.0. The molecule has 1 aliphatic heterocycles. The van der Waals surface area contributed by atoms with E-state index < -0.39 is 0 Å². The summed E-state index contributed by atoms with van der Waals surface area (Å²) in [6.07, 6.45) is 6.50. The lowest BCUT2D eigenvalue weighted by Crippen LogP contribution is -2.45. The fraction of sp³-hybridized carbons (Fsp3) is 0.500. The Bertz CT molecular complexity index is 878. The van der Waals surface area contributed by atoms with E-state index in [4.69, 9.17) is 0 Å². The molecule has 1 saturated carbocycles. The van der Waals surface area contributed by atoms with Gasteiger partial charge in [-0.15, -0.1) is 24.0 Å². The summed E-state index contributed by atoms with van der Waals surface area (Å²) in [6.45, 7) is 2.48. The summed E-state index contributed by atoms with van der Waals surface area (Å²) >= 11 is 0. The molecule has 5 nitrogen and oxygen atoms in total. The van der Waals surface area contributed by atoms with Crippen molar-refractivity contribution in [2.75, 3.05) is 26.7 Å². The summed E-state index contributed by atoms with van der Waals surface area (Å²) in [6, 6.07) is 15.4. The van der Waals surface area contributed by atoms with Gasteiger partial charge in [0, 0.05) is 38.6 Å². The molecule has 2 N–H and O–H groups in total. The number of nitrogens with zero attached hydrogens (tertiary/aromatic N) is 2. The summed E-state index contributed by atoms with van der Waals surface area (Å²) in [5.41, 5.74) is 1.32. The number of nitrogens with one attached hydrogen (secondary N) is 2. The molecule has 1 amide bonds. The highest BCUT2D eigenvalue weighted by molar-refractivity contribution is 14.0. The number of hydrogen-bond donors (Lipinski definition) is 2. The molecule has 162 valence electrons. The second kappa shape index (κ2) is 11.0. The molecule has 0 spiro atoms. The van der Waals surface area contributed by atoms with Crippen molar-refractivity contribution in [2.45, 2.75) is 44.6 Å². The number of likely N-dealkylation sites (tertiary alicyclic amines) is 1. The molecule has 2 aromatic carbocycles. The molecule has 30 heavy (non-hydrogen) atoms. The molecule has 2 aliphatic rings. The highest BCUT2D eigenvalue weighted by atomic mass is 127. The Balaban J connectivity index is 0.00000256. The van der Waals surface area contributed by atoms with Gasteiger partial charge in [0.25, 0.3) is 0 Å². The quantitative estimate of drug-likeness (QED) is 0.357. The van der Waals surface area contributed by atoms with Crippen LogP contribution in [0.5, 0.6) is 0 Å². The standard InChI is InChI=1S/C24H32N4O.HI/c1-25-24(26-14-12-18-10-11-19-6-2-5-9-21(19)16-18)27-22-13-15-28(17-22)23(29)20-7-3-4-8-20;/h2,5-6,9-11,16,20,22H,3-4,7-8,12-15,17H2,1H3,(H2,25,26,27);1H. The third-order valence-electron chi connectivity index (χ3n) is 6.29. The van der Waals surface area contributed by atoms with Crippen LogP contribution in [0.1, 0.15) is 37.7 Å². The van der Waals surface area contributed by atoms with Gasteiger partial charge in [-0.3, -0.25) is 9.79 Å². The number of carbonyl (C=O) groups excluding carboxylic acids is 1. The van der Waals surface area contributed by atoms with Crippen molar-refractivity contribution >= 4 is 46.6 Å². The summed E-state index contributed by atoms with van der Waals surface area (Å²) < 4.78 is 0. The van der Waals surface area contributed by atoms with Crippen molar-refractivity contribution in [2.24, 2.45) is 10.9 Å². The van der Waals surface area contributed by atoms with Gasteiger partial charge in [-0.2, -0.15) is 0 Å². The zero-order valence-corrected chi connectivity index (χ0v) is 20.1. The second-order valence-corrected chi connectivity index (χ2v) is 8.33. The van der Waals surface area contributed by atoms with Crippen LogP contribution in [-0.4, -0.2) is 49.5 Å². The van der Waals surface area contributed by atoms with Crippen LogP contribution in [0.4, 0.5) is 0 Å². The molecule has 0 bridgehead atoms. The van der Waals surface area contributed by atoms with Gasteiger partial charge in [0.1, 0.15) is 0 Å². The summed E-state index contributed by atoms with van der Waals surface area (Å²) in [5, 5.41) is 9.49. The predicted molar refractivity (Wildman–Crippen MR) is 135 cm³/mol. The minimum atomic E-state index is 0. The third kappa shape index (κ3) is 5.65. The largest absolute Gasteiger partial charge is 0.356 e. The lowest BCUT2D eigenvalue weighted by Gasteiger charge is -2.21. The van der Waals surface area contributed by atoms with Gasteiger partial charge in [-0.05, 0) is 42.0 Å². The van der Waals surface area contributed by atoms with Crippen LogP contribution in [0.15, 0.2) is 47.5 Å². The molecule has 1 unspecified atom stereocenters. The summed E-state index contributed by atoms with van der Waals surface area (Å²) in [4.78, 5) is 19.0. The molecule has 2 aromatic rings. The van der Waals surface area contributed by atoms with E-state index in [1.54, 1.807) is 0 Å². The summed E-state index contributed by atoms with van der Waals surface area (Å²) in [7, 11) is 1.81. The Labute approximate surface area is 196 Å². The Morgan fingerprint density at radius 2 is 1.87 bits per heavy atom. The van der Waals surface area contributed by atoms with Crippen LogP contribution < -0.4 is 10.6 Å². The molecule has 1 atom stereocenters. The number of halogens is 1. The fourth-order valence-corrected chi connectivity index (χ4v) is 4.62. The molecule has 2 fully saturated rings. The lowest BCUT2D eigenvalue weighted by atomic mass is 10.1. The van der Waals surface area contributed by atoms with Gasteiger partial charge in [-0.25, -0.2) is 0 Å². The van der Waals surface area contributed by atoms with Crippen molar-refractivity contribution < 1.29 is 4.79 Å². The Kier molecular flexibility index (Phi) is 8.36. The van der Waals surface area contributed by atoms with Gasteiger partial charge in [-0.1, -0.05) is 55.3 Å². The number of rotatable bonds is 5. The van der Waals surface area contributed by atoms with Crippen molar-refractivity contribution in [3.8, 4) is 0 Å². The Hall–Kier alpha value is -1.83. The normalized spacial score (nSPS) is 19.7. The molecular formula is C24H33IN4O. The van der Waals surface area contributed by atoms with Crippen LogP contribution in [0.25, 0.3) is 10.8 Å². The average molecular weight is 520 g/mol. The predicted octanol–water partition coefficient (Wildman–Crippen LogP) is 3.96. The monoisotopic (exact) mass is 520 g/mol. The van der Waals surface area contributed by atoms with Crippen molar-refractivity contribution in [1.82, 2.24) is 15.5 Å². The number of fused-ring (bicyclic) bond motifs is 1. The fourth-order valence-electron chi connectivity index (χ4n) is 4.62. The molecule has 0 aromatic heterocycles. The van der Waals surface area contributed by atoms with E-state index in [2.05, 4.69) is 63.0 Å². The van der Waals surface area contributed by atoms with Gasteiger partial charge in [0.2, 0.25) is 5.91 Å². The van der Waals surface area contributed by atoms with Gasteiger partial charge >= 0.3 is 0 Å². The van der Waals surface area contributed by atoms with E-state index in [0.29, 0.717) is 5.91 Å². The number of aliphatic imine (C=N–C) groups is 1. The molecule has 6 heteroatoms. The molecule has 4 rings (SSSR count). The maximum atomic E-state index is 12.6. The first kappa shape index (κ1) is 22.8. The van der Waals surface area contributed by atoms with E-state index in [0.717, 1.165) is 51.3 Å². The first-order valence-electron chi connectivity index (χ1n) is 11.0. The Morgan fingerprint density at radius 3 is 2.63 bits per heavy atom. The van der Waals surface area contributed by atoms with E-state index in [1.165, 1.54) is 29.2 Å². The zero-order valence-electron chi connectivity index (χ0n) is 17.8. The molecular weight excluding hydrogens is 487 g/mol. The van der Waals surface area contributed by atoms with Crippen molar-refractivity contribution in [1.29, 1.82) is 0 Å². The second-order valence-electron chi connectivity index (χ2n) is 8.33. The van der Waals surface area contributed by atoms with E-state index in [9.17, 15) is 4.79 Å². The molecule has 1 heterocycles. The highest BCUT2D eigenvalue weighted by Gasteiger charge is 2.32. The highest BCUT2D eigenvalue weighted by Crippen LogP contribution is 2.27. The summed E-state index contributed by atoms with van der Waals surface area (Å²) in [5.74, 6) is 1.46. The molecule has 1 aliphatic carbocycles. The van der Waals surface area contributed by atoms with E-state index in [1.807, 2.05) is 7.05 Å². The number of guanidine groups is 1. The maximum absolute atomic E-state index is 12.6. The minimum absolute atomic E-state index is 0. The minimum Gasteiger partial charge on any atom is -0.356 e. The first-order chi connectivity index (χ1) is 14.2. The SMILES string of the molecule is CN=C(NCCc1ccc2ccccc2c1)NC1CCN(C(=O)C2CCCC2)C1.I. The lowest BCUT2D eigenvalue weighted by molar-refractivity contribution is -0.134. The average Bonchev–Trinajstić information content (AvgIpc) is 3.45. The molecule has 0 radical (unpaired) electrons. The van der Waals surface area contributed by atoms with Crippen molar-refractivity contribution in [3.05, 3.63) is 48.0 Å². The van der Waals surface area contributed by atoms with Crippen LogP contribution in [0.3, 0.4) is 0 Å². The van der Waals surface area contributed by atoms with Gasteiger partial charge in [0.05, 0.1) is 0 Å².